The molecule has 0 spiro atoms. The average Bonchev–Trinajstić information content (AvgIpc) is 3.35. The first-order valence-corrected chi connectivity index (χ1v) is 24.1. The fourth-order valence-corrected chi connectivity index (χ4v) is 9.10. The van der Waals surface area contributed by atoms with Crippen LogP contribution in [-0.4, -0.2) is 311 Å². The van der Waals surface area contributed by atoms with Crippen molar-refractivity contribution >= 4 is 7.82 Å². The molecule has 30 atom stereocenters. The van der Waals surface area contributed by atoms with Crippen molar-refractivity contribution in [2.24, 2.45) is 0 Å². The first-order chi connectivity index (χ1) is 33.9. The maximum Gasteiger partial charge on any atom is 0.187 e. The second kappa shape index (κ2) is 25.6. The molecule has 0 saturated carbocycles. The molecule has 6 aliphatic heterocycles. The first kappa shape index (κ1) is 60.2. The minimum Gasteiger partial charge on any atom is -0.790 e. The summed E-state index contributed by atoms with van der Waals surface area (Å²) in [6.45, 7) is -3.09. The number of aliphatic hydroxyl groups excluding tert-OH is 17. The summed E-state index contributed by atoms with van der Waals surface area (Å²) in [6.07, 6.45) is -56.1. The lowest BCUT2D eigenvalue weighted by molar-refractivity contribution is -0.391. The van der Waals surface area contributed by atoms with Crippen molar-refractivity contribution < 1.29 is 163 Å². The van der Waals surface area contributed by atoms with Gasteiger partial charge in [-0.15, -0.1) is 0 Å². The standard InChI is InChI=1S/C38H67O33P/c1-3-9-15(41)21(47)27(53)35(63-9)70-31-24(50)16(42)10(4-39)64-37(31)61-6-12-18(44)22(48)26(52)34(67-12)60-7-13-20(46)30(29(55)33(59-2)66-13)69-38-32(25(51)17(43)11(5-40)65-38)71-36-28(54)23(49)19(45)14(68-36)8-62-72(56,57)58/h9-55H,3-8H2,1-2H3,(H2,56,57,58)/p-2/t9?,10?,11?,12?,13?,14?,15-,16-,17-,18-,19-,20-,21+,22+,23+,24+,25+,26?,27?,28?,29?,30+,31?,32?,33-,34+,35+,36-,37+,38+/m1/s1. The molecule has 0 aliphatic carbocycles. The van der Waals surface area contributed by atoms with Crippen LogP contribution >= 0.6 is 7.82 Å². The van der Waals surface area contributed by atoms with Gasteiger partial charge in [0.2, 0.25) is 0 Å². The Hall–Kier alpha value is -1.05. The Kier molecular flexibility index (Phi) is 21.4. The molecule has 17 N–H and O–H groups in total. The van der Waals surface area contributed by atoms with Crippen molar-refractivity contribution in [3.63, 3.8) is 0 Å². The number of aliphatic hydroxyl groups is 17. The highest BCUT2D eigenvalue weighted by molar-refractivity contribution is 7.43. The van der Waals surface area contributed by atoms with E-state index in [0.717, 1.165) is 7.11 Å². The van der Waals surface area contributed by atoms with Crippen LogP contribution in [0.2, 0.25) is 0 Å². The van der Waals surface area contributed by atoms with Crippen LogP contribution in [0.15, 0.2) is 0 Å². The van der Waals surface area contributed by atoms with Crippen molar-refractivity contribution in [1.29, 1.82) is 0 Å². The molecule has 422 valence electrons. The zero-order valence-electron chi connectivity index (χ0n) is 38.1. The summed E-state index contributed by atoms with van der Waals surface area (Å²) >= 11 is 0. The van der Waals surface area contributed by atoms with Gasteiger partial charge in [-0.25, -0.2) is 0 Å². The molecule has 0 radical (unpaired) electrons. The highest BCUT2D eigenvalue weighted by Gasteiger charge is 2.56. The summed E-state index contributed by atoms with van der Waals surface area (Å²) in [6, 6.07) is 0. The monoisotopic (exact) mass is 1080 g/mol. The van der Waals surface area contributed by atoms with E-state index in [2.05, 4.69) is 4.52 Å². The van der Waals surface area contributed by atoms with Gasteiger partial charge < -0.3 is 163 Å². The SMILES string of the molecule is CCC1O[C@@H](OC2[C@@H](OCC3O[C@H](OCC4O[C@@H](OC)C(O)[C@@H](O[C@@H]5OC(CO)[C@@H](O)[C@H](O)C5O[C@H]5OC(COP(=O)([O-])[O-])[C@@H](O)[C@H](O)C5O)[C@@H]4O)C(O)[C@@H](O)[C@@H]3O)OC(CO)[C@@H](O)[C@@H]2O)C(O)[C@@H](O)[C@@H]1O. The molecular formula is C38H65O33P-2. The second-order valence-electron chi connectivity index (χ2n) is 17.8. The summed E-state index contributed by atoms with van der Waals surface area (Å²) in [5.41, 5.74) is 0. The number of phosphoric ester groups is 1. The van der Waals surface area contributed by atoms with Crippen LogP contribution in [0.25, 0.3) is 0 Å². The van der Waals surface area contributed by atoms with E-state index < -0.39 is 225 Å². The molecule has 6 aliphatic rings. The van der Waals surface area contributed by atoms with Crippen molar-refractivity contribution in [3.8, 4) is 0 Å². The third-order valence-electron chi connectivity index (χ3n) is 13.1. The summed E-state index contributed by atoms with van der Waals surface area (Å²) < 4.78 is 82.4. The third kappa shape index (κ3) is 13.3. The van der Waals surface area contributed by atoms with E-state index >= 15 is 0 Å². The largest absolute Gasteiger partial charge is 0.790 e. The highest BCUT2D eigenvalue weighted by Crippen LogP contribution is 2.36. The quantitative estimate of drug-likeness (QED) is 0.0534. The average molecular weight is 1080 g/mol. The Morgan fingerprint density at radius 3 is 1.24 bits per heavy atom. The zero-order chi connectivity index (χ0) is 53.3. The molecule has 6 heterocycles. The van der Waals surface area contributed by atoms with Gasteiger partial charge in [0.25, 0.3) is 0 Å². The Balaban J connectivity index is 1.14. The Morgan fingerprint density at radius 1 is 0.389 bits per heavy atom. The first-order valence-electron chi connectivity index (χ1n) is 22.6. The highest BCUT2D eigenvalue weighted by atomic mass is 31.2. The van der Waals surface area contributed by atoms with Gasteiger partial charge in [0, 0.05) is 7.11 Å². The summed E-state index contributed by atoms with van der Waals surface area (Å²) in [5.74, 6) is 0. The van der Waals surface area contributed by atoms with Gasteiger partial charge in [0.15, 0.2) is 37.7 Å². The van der Waals surface area contributed by atoms with Crippen LogP contribution < -0.4 is 9.79 Å². The topological polar surface area (TPSA) is 527 Å². The van der Waals surface area contributed by atoms with E-state index in [4.69, 9.17) is 56.8 Å². The van der Waals surface area contributed by atoms with Gasteiger partial charge in [-0.1, -0.05) is 6.92 Å². The molecule has 33 nitrogen and oxygen atoms in total. The Morgan fingerprint density at radius 2 is 0.750 bits per heavy atom. The lowest BCUT2D eigenvalue weighted by Crippen LogP contribution is -2.67. The van der Waals surface area contributed by atoms with E-state index in [1.807, 2.05) is 0 Å². The maximum absolute atomic E-state index is 11.6. The molecule has 6 fully saturated rings. The number of rotatable bonds is 19. The number of methoxy groups -OCH3 is 1. The van der Waals surface area contributed by atoms with Crippen LogP contribution in [0.5, 0.6) is 0 Å². The number of hydrogen-bond acceptors (Lipinski definition) is 33. The van der Waals surface area contributed by atoms with Gasteiger partial charge in [-0.05, 0) is 6.42 Å². The van der Waals surface area contributed by atoms with Gasteiger partial charge in [-0.2, -0.15) is 0 Å². The minimum absolute atomic E-state index is 0.135. The smallest absolute Gasteiger partial charge is 0.187 e. The predicted octanol–water partition coefficient (Wildman–Crippen LogP) is -13.2. The molecule has 0 amide bonds. The lowest BCUT2D eigenvalue weighted by Gasteiger charge is -2.48. The minimum atomic E-state index is -5.67. The van der Waals surface area contributed by atoms with Gasteiger partial charge >= 0.3 is 0 Å². The van der Waals surface area contributed by atoms with Gasteiger partial charge in [0.1, 0.15) is 140 Å². The normalized spacial score (nSPS) is 50.7. The third-order valence-corrected chi connectivity index (χ3v) is 13.5. The fourth-order valence-electron chi connectivity index (χ4n) is 8.78. The number of hydrogen-bond donors (Lipinski definition) is 17. The molecule has 0 aromatic rings. The van der Waals surface area contributed by atoms with Crippen LogP contribution in [0.1, 0.15) is 13.3 Å². The maximum atomic E-state index is 11.6. The van der Waals surface area contributed by atoms with Crippen molar-refractivity contribution in [2.75, 3.05) is 40.1 Å². The van der Waals surface area contributed by atoms with Crippen molar-refractivity contribution in [3.05, 3.63) is 0 Å². The summed E-state index contributed by atoms with van der Waals surface area (Å²) in [5, 5.41) is 181. The molecule has 6 rings (SSSR count). The molecule has 0 bridgehead atoms. The molecular weight excluding hydrogens is 1020 g/mol. The molecule has 34 heteroatoms. The Bertz CT molecular complexity index is 1710. The molecule has 12 unspecified atom stereocenters. The summed E-state index contributed by atoms with van der Waals surface area (Å²) in [4.78, 5) is 22.2. The van der Waals surface area contributed by atoms with E-state index in [-0.39, 0.29) is 6.42 Å². The number of phosphoric acid groups is 1. The van der Waals surface area contributed by atoms with Gasteiger partial charge in [0.05, 0.1) is 47.0 Å². The fraction of sp³-hybridized carbons (Fsp3) is 1.00. The van der Waals surface area contributed by atoms with E-state index in [1.54, 1.807) is 6.92 Å². The van der Waals surface area contributed by atoms with E-state index in [9.17, 15) is 101 Å². The van der Waals surface area contributed by atoms with Crippen LogP contribution in [0.3, 0.4) is 0 Å². The van der Waals surface area contributed by atoms with Crippen LogP contribution in [-0.2, 0) is 65.9 Å². The molecule has 0 aromatic heterocycles. The van der Waals surface area contributed by atoms with Gasteiger partial charge in [-0.3, -0.25) is 0 Å². The van der Waals surface area contributed by atoms with Crippen molar-refractivity contribution in [2.45, 2.75) is 198 Å². The van der Waals surface area contributed by atoms with Crippen LogP contribution in [0.4, 0.5) is 0 Å². The lowest BCUT2D eigenvalue weighted by atomic mass is 9.96. The van der Waals surface area contributed by atoms with E-state index in [1.165, 1.54) is 0 Å². The predicted molar refractivity (Wildman–Crippen MR) is 214 cm³/mol. The van der Waals surface area contributed by atoms with E-state index in [0.29, 0.717) is 0 Å². The van der Waals surface area contributed by atoms with Crippen LogP contribution in [0, 0.1) is 0 Å². The molecule has 72 heavy (non-hydrogen) atoms. The molecule has 0 aromatic carbocycles. The summed E-state index contributed by atoms with van der Waals surface area (Å²) in [7, 11) is -4.62. The zero-order valence-corrected chi connectivity index (χ0v) is 39.0. The second-order valence-corrected chi connectivity index (χ2v) is 19.0. The Labute approximate surface area is 407 Å². The molecule has 6 saturated heterocycles. The number of ether oxygens (including phenoxy) is 12. The van der Waals surface area contributed by atoms with Crippen molar-refractivity contribution in [1.82, 2.24) is 0 Å².